The summed E-state index contributed by atoms with van der Waals surface area (Å²) in [6, 6.07) is 6.80. The Morgan fingerprint density at radius 1 is 1.58 bits per heavy atom. The maximum atomic E-state index is 11.8. The molecular weight excluding hydrogens is 264 g/mol. The largest absolute Gasteiger partial charge is 0.497 e. The highest BCUT2D eigenvalue weighted by Crippen LogP contribution is 2.22. The molecule has 0 aliphatic rings. The number of carbonyl (C=O) groups excluding carboxylic acids is 1. The number of carbonyl (C=O) groups is 1. The van der Waals surface area contributed by atoms with Crippen molar-refractivity contribution in [1.29, 1.82) is 5.26 Å². The van der Waals surface area contributed by atoms with E-state index in [4.69, 9.17) is 21.6 Å². The molecular formula is C14H17ClN2O2. The monoisotopic (exact) mass is 280 g/mol. The van der Waals surface area contributed by atoms with Crippen molar-refractivity contribution in [3.63, 3.8) is 0 Å². The predicted molar refractivity (Wildman–Crippen MR) is 74.2 cm³/mol. The summed E-state index contributed by atoms with van der Waals surface area (Å²) < 4.78 is 5.04. The number of benzene rings is 1. The van der Waals surface area contributed by atoms with Gasteiger partial charge >= 0.3 is 0 Å². The van der Waals surface area contributed by atoms with Gasteiger partial charge in [-0.25, -0.2) is 0 Å². The fraction of sp³-hybridized carbons (Fsp3) is 0.429. The SMILES string of the molecule is CCCC(C#N)NC(=O)Cc1ccc(OC)cc1Cl. The van der Waals surface area contributed by atoms with Crippen LogP contribution in [-0.4, -0.2) is 19.1 Å². The maximum Gasteiger partial charge on any atom is 0.225 e. The van der Waals surface area contributed by atoms with E-state index >= 15 is 0 Å². The molecule has 0 bridgehead atoms. The Morgan fingerprint density at radius 2 is 2.32 bits per heavy atom. The standard InChI is InChI=1S/C14H17ClN2O2/c1-3-4-11(9-16)17-14(18)7-10-5-6-12(19-2)8-13(10)15/h5-6,8,11H,3-4,7H2,1-2H3,(H,17,18). The number of hydrogen-bond donors (Lipinski definition) is 1. The van der Waals surface area contributed by atoms with Crippen molar-refractivity contribution in [3.05, 3.63) is 28.8 Å². The zero-order valence-electron chi connectivity index (χ0n) is 11.1. The Labute approximate surface area is 118 Å². The lowest BCUT2D eigenvalue weighted by Crippen LogP contribution is -2.34. The fourth-order valence-corrected chi connectivity index (χ4v) is 1.91. The van der Waals surface area contributed by atoms with E-state index in [0.29, 0.717) is 22.8 Å². The number of hydrogen-bond acceptors (Lipinski definition) is 3. The number of ether oxygens (including phenoxy) is 1. The minimum absolute atomic E-state index is 0.157. The molecule has 1 aromatic rings. The van der Waals surface area contributed by atoms with E-state index in [2.05, 4.69) is 11.4 Å². The molecule has 0 aliphatic carbocycles. The van der Waals surface area contributed by atoms with Crippen LogP contribution < -0.4 is 10.1 Å². The molecule has 1 rings (SSSR count). The maximum absolute atomic E-state index is 11.8. The first kappa shape index (κ1) is 15.3. The molecule has 0 aromatic heterocycles. The van der Waals surface area contributed by atoms with Crippen LogP contribution in [0.3, 0.4) is 0 Å². The van der Waals surface area contributed by atoms with Crippen molar-refractivity contribution in [1.82, 2.24) is 5.32 Å². The van der Waals surface area contributed by atoms with Gasteiger partial charge in [-0.1, -0.05) is 31.0 Å². The highest BCUT2D eigenvalue weighted by Gasteiger charge is 2.12. The molecule has 0 saturated heterocycles. The van der Waals surface area contributed by atoms with Crippen molar-refractivity contribution in [2.75, 3.05) is 7.11 Å². The molecule has 19 heavy (non-hydrogen) atoms. The topological polar surface area (TPSA) is 62.1 Å². The normalized spacial score (nSPS) is 11.5. The first-order valence-electron chi connectivity index (χ1n) is 6.12. The van der Waals surface area contributed by atoms with Gasteiger partial charge in [0.25, 0.3) is 0 Å². The van der Waals surface area contributed by atoms with Gasteiger partial charge in [0, 0.05) is 5.02 Å². The second kappa shape index (κ2) is 7.65. The average Bonchev–Trinajstić information content (AvgIpc) is 2.40. The third-order valence-electron chi connectivity index (χ3n) is 2.68. The molecule has 1 atom stereocenters. The Hall–Kier alpha value is -1.73. The van der Waals surface area contributed by atoms with Crippen LogP contribution in [-0.2, 0) is 11.2 Å². The Kier molecular flexibility index (Phi) is 6.17. The van der Waals surface area contributed by atoms with Gasteiger partial charge in [-0.2, -0.15) is 5.26 Å². The predicted octanol–water partition coefficient (Wildman–Crippen LogP) is 2.70. The molecule has 1 amide bonds. The summed E-state index contributed by atoms with van der Waals surface area (Å²) >= 11 is 6.06. The van der Waals surface area contributed by atoms with Crippen LogP contribution >= 0.6 is 11.6 Å². The smallest absolute Gasteiger partial charge is 0.225 e. The van der Waals surface area contributed by atoms with Gasteiger partial charge in [-0.05, 0) is 24.1 Å². The van der Waals surface area contributed by atoms with E-state index in [1.807, 2.05) is 6.92 Å². The fourth-order valence-electron chi connectivity index (χ4n) is 1.67. The number of nitrogens with zero attached hydrogens (tertiary/aromatic N) is 1. The lowest BCUT2D eigenvalue weighted by molar-refractivity contribution is -0.120. The van der Waals surface area contributed by atoms with Gasteiger partial charge in [0.1, 0.15) is 11.8 Å². The molecule has 4 nitrogen and oxygen atoms in total. The van der Waals surface area contributed by atoms with Gasteiger partial charge in [-0.15, -0.1) is 0 Å². The van der Waals surface area contributed by atoms with Gasteiger partial charge in [0.15, 0.2) is 0 Å². The summed E-state index contributed by atoms with van der Waals surface area (Å²) in [6.45, 7) is 1.97. The molecule has 1 aromatic carbocycles. The van der Waals surface area contributed by atoms with Gasteiger partial charge < -0.3 is 10.1 Å². The lowest BCUT2D eigenvalue weighted by Gasteiger charge is -2.11. The molecule has 0 heterocycles. The van der Waals surface area contributed by atoms with Gasteiger partial charge in [-0.3, -0.25) is 4.79 Å². The zero-order chi connectivity index (χ0) is 14.3. The van der Waals surface area contributed by atoms with Gasteiger partial charge in [0.2, 0.25) is 5.91 Å². The van der Waals surface area contributed by atoms with Crippen molar-refractivity contribution >= 4 is 17.5 Å². The minimum Gasteiger partial charge on any atom is -0.497 e. The lowest BCUT2D eigenvalue weighted by atomic mass is 10.1. The number of rotatable bonds is 6. The van der Waals surface area contributed by atoms with E-state index in [1.54, 1.807) is 25.3 Å². The first-order chi connectivity index (χ1) is 9.10. The van der Waals surface area contributed by atoms with Gasteiger partial charge in [0.05, 0.1) is 19.6 Å². The summed E-state index contributed by atoms with van der Waals surface area (Å²) in [7, 11) is 1.56. The zero-order valence-corrected chi connectivity index (χ0v) is 11.8. The molecule has 1 N–H and O–H groups in total. The molecule has 0 radical (unpaired) electrons. The number of nitriles is 1. The van der Waals surface area contributed by atoms with Crippen LogP contribution in [0.15, 0.2) is 18.2 Å². The molecule has 0 spiro atoms. The van der Waals surface area contributed by atoms with E-state index in [-0.39, 0.29) is 12.3 Å². The third kappa shape index (κ3) is 4.80. The highest BCUT2D eigenvalue weighted by molar-refractivity contribution is 6.31. The van der Waals surface area contributed by atoms with E-state index in [9.17, 15) is 4.79 Å². The quantitative estimate of drug-likeness (QED) is 0.871. The van der Waals surface area contributed by atoms with Crippen molar-refractivity contribution in [2.24, 2.45) is 0 Å². The molecule has 0 fully saturated rings. The van der Waals surface area contributed by atoms with Crippen LogP contribution in [0.5, 0.6) is 5.75 Å². The Bertz CT molecular complexity index is 483. The molecule has 0 saturated carbocycles. The summed E-state index contributed by atoms with van der Waals surface area (Å²) in [4.78, 5) is 11.8. The number of nitrogens with one attached hydrogen (secondary N) is 1. The van der Waals surface area contributed by atoms with Crippen LogP contribution in [0.4, 0.5) is 0 Å². The van der Waals surface area contributed by atoms with E-state index in [1.165, 1.54) is 0 Å². The molecule has 0 aliphatic heterocycles. The van der Waals surface area contributed by atoms with Crippen LogP contribution in [0.25, 0.3) is 0 Å². The van der Waals surface area contributed by atoms with E-state index < -0.39 is 6.04 Å². The van der Waals surface area contributed by atoms with E-state index in [0.717, 1.165) is 6.42 Å². The molecule has 5 heteroatoms. The summed E-state index contributed by atoms with van der Waals surface area (Å²) in [5.41, 5.74) is 0.716. The minimum atomic E-state index is -0.436. The van der Waals surface area contributed by atoms with Crippen molar-refractivity contribution < 1.29 is 9.53 Å². The second-order valence-electron chi connectivity index (χ2n) is 4.17. The summed E-state index contributed by atoms with van der Waals surface area (Å²) in [5, 5.41) is 12.1. The summed E-state index contributed by atoms with van der Waals surface area (Å²) in [6.07, 6.45) is 1.66. The van der Waals surface area contributed by atoms with Crippen molar-refractivity contribution in [2.45, 2.75) is 32.2 Å². The van der Waals surface area contributed by atoms with Crippen molar-refractivity contribution in [3.8, 4) is 11.8 Å². The summed E-state index contributed by atoms with van der Waals surface area (Å²) in [5.74, 6) is 0.446. The highest BCUT2D eigenvalue weighted by atomic mass is 35.5. The first-order valence-corrected chi connectivity index (χ1v) is 6.49. The molecule has 1 unspecified atom stereocenters. The Morgan fingerprint density at radius 3 is 2.84 bits per heavy atom. The molecule has 102 valence electrons. The third-order valence-corrected chi connectivity index (χ3v) is 3.03. The van der Waals surface area contributed by atoms with Crippen LogP contribution in [0.1, 0.15) is 25.3 Å². The van der Waals surface area contributed by atoms with Crippen LogP contribution in [0.2, 0.25) is 5.02 Å². The Balaban J connectivity index is 2.64. The number of methoxy groups -OCH3 is 1. The number of halogens is 1. The average molecular weight is 281 g/mol. The van der Waals surface area contributed by atoms with Crippen LogP contribution in [0, 0.1) is 11.3 Å². The second-order valence-corrected chi connectivity index (χ2v) is 4.58. The number of amides is 1.